The van der Waals surface area contributed by atoms with Gasteiger partial charge in [-0.05, 0) is 48.4 Å². The predicted octanol–water partition coefficient (Wildman–Crippen LogP) is 3.88. The number of pyridine rings is 2. The molecule has 6 nitrogen and oxygen atoms in total. The van der Waals surface area contributed by atoms with Gasteiger partial charge < -0.3 is 4.74 Å². The summed E-state index contributed by atoms with van der Waals surface area (Å²) < 4.78 is 5.98. The van der Waals surface area contributed by atoms with Crippen LogP contribution in [0.1, 0.15) is 34.7 Å². The van der Waals surface area contributed by atoms with Crippen LogP contribution >= 0.6 is 0 Å². The number of carbonyl (C=O) groups is 2. The fourth-order valence-corrected chi connectivity index (χ4v) is 3.19. The van der Waals surface area contributed by atoms with Crippen molar-refractivity contribution in [1.29, 1.82) is 0 Å². The zero-order valence-electron chi connectivity index (χ0n) is 15.8. The van der Waals surface area contributed by atoms with E-state index < -0.39 is 5.92 Å². The summed E-state index contributed by atoms with van der Waals surface area (Å²) in [7, 11) is 0. The molecule has 0 aliphatic carbocycles. The molecule has 144 valence electrons. The zero-order chi connectivity index (χ0) is 20.2. The molecule has 2 amide bonds. The smallest absolute Gasteiger partial charge is 0.234 e. The molecule has 0 bridgehead atoms. The summed E-state index contributed by atoms with van der Waals surface area (Å²) in [6.45, 7) is 1.96. The number of nitrogens with zero attached hydrogens (tertiary/aromatic N) is 2. The van der Waals surface area contributed by atoms with Crippen LogP contribution in [0.2, 0.25) is 0 Å². The molecule has 3 heterocycles. The summed E-state index contributed by atoms with van der Waals surface area (Å²) in [6, 6.07) is 13.3. The Morgan fingerprint density at radius 2 is 1.83 bits per heavy atom. The number of amides is 2. The van der Waals surface area contributed by atoms with E-state index >= 15 is 0 Å². The molecule has 1 unspecified atom stereocenters. The van der Waals surface area contributed by atoms with Gasteiger partial charge in [0.2, 0.25) is 11.8 Å². The van der Waals surface area contributed by atoms with Crippen molar-refractivity contribution in [2.75, 3.05) is 0 Å². The van der Waals surface area contributed by atoms with Gasteiger partial charge in [-0.3, -0.25) is 24.9 Å². The molecule has 29 heavy (non-hydrogen) atoms. The Morgan fingerprint density at radius 3 is 2.55 bits per heavy atom. The Bertz CT molecular complexity index is 1090. The standard InChI is InChI=1S/C23H19N3O3/c1-15-12-17(8-11-25-15)3-2-16-4-6-18(7-5-16)29-21-9-10-24-14-20(21)19-13-22(27)26-23(19)28/h2-12,14,19H,13H2,1H3,(H,26,27,28)/b3-2+. The van der Waals surface area contributed by atoms with E-state index in [1.807, 2.05) is 55.5 Å². The van der Waals surface area contributed by atoms with E-state index in [0.29, 0.717) is 17.1 Å². The SMILES string of the molecule is Cc1cc(/C=C/c2ccc(Oc3ccncc3C3CC(=O)NC3=O)cc2)ccn1. The maximum absolute atomic E-state index is 12.0. The lowest BCUT2D eigenvalue weighted by molar-refractivity contribution is -0.125. The van der Waals surface area contributed by atoms with E-state index in [2.05, 4.69) is 15.3 Å². The monoisotopic (exact) mass is 385 g/mol. The highest BCUT2D eigenvalue weighted by Crippen LogP contribution is 2.34. The lowest BCUT2D eigenvalue weighted by atomic mass is 9.98. The molecule has 1 atom stereocenters. The average molecular weight is 385 g/mol. The van der Waals surface area contributed by atoms with E-state index in [1.165, 1.54) is 0 Å². The van der Waals surface area contributed by atoms with Crippen molar-refractivity contribution < 1.29 is 14.3 Å². The van der Waals surface area contributed by atoms with E-state index in [-0.39, 0.29) is 18.2 Å². The quantitative estimate of drug-likeness (QED) is 0.674. The number of aromatic nitrogens is 2. The third kappa shape index (κ3) is 4.38. The number of benzene rings is 1. The van der Waals surface area contributed by atoms with E-state index in [4.69, 9.17) is 4.74 Å². The molecule has 3 aromatic rings. The molecule has 1 saturated heterocycles. The highest BCUT2D eigenvalue weighted by molar-refractivity contribution is 6.06. The van der Waals surface area contributed by atoms with Gasteiger partial charge in [0.05, 0.1) is 5.92 Å². The number of hydrogen-bond acceptors (Lipinski definition) is 5. The molecule has 0 radical (unpaired) electrons. The third-order valence-electron chi connectivity index (χ3n) is 4.65. The van der Waals surface area contributed by atoms with Crippen LogP contribution in [-0.4, -0.2) is 21.8 Å². The van der Waals surface area contributed by atoms with E-state index in [0.717, 1.165) is 16.8 Å². The van der Waals surface area contributed by atoms with E-state index in [9.17, 15) is 9.59 Å². The summed E-state index contributed by atoms with van der Waals surface area (Å²) in [6.07, 6.45) is 9.12. The van der Waals surface area contributed by atoms with Crippen LogP contribution in [0.3, 0.4) is 0 Å². The fraction of sp³-hybridized carbons (Fsp3) is 0.130. The first kappa shape index (κ1) is 18.6. The van der Waals surface area contributed by atoms with Crippen molar-refractivity contribution in [3.63, 3.8) is 0 Å². The Labute approximate surface area is 168 Å². The fourth-order valence-electron chi connectivity index (χ4n) is 3.19. The first-order chi connectivity index (χ1) is 14.1. The molecule has 1 N–H and O–H groups in total. The lowest BCUT2D eigenvalue weighted by Gasteiger charge is -2.13. The molecule has 1 fully saturated rings. The largest absolute Gasteiger partial charge is 0.457 e. The number of aryl methyl sites for hydroxylation is 1. The second-order valence-electron chi connectivity index (χ2n) is 6.82. The van der Waals surface area contributed by atoms with Gasteiger partial charge >= 0.3 is 0 Å². The van der Waals surface area contributed by atoms with Crippen LogP contribution in [0, 0.1) is 6.92 Å². The van der Waals surface area contributed by atoms with Gasteiger partial charge in [0.25, 0.3) is 0 Å². The number of hydrogen-bond donors (Lipinski definition) is 1. The Kier molecular flexibility index (Phi) is 5.16. The summed E-state index contributed by atoms with van der Waals surface area (Å²) >= 11 is 0. The number of ether oxygens (including phenoxy) is 1. The predicted molar refractivity (Wildman–Crippen MR) is 109 cm³/mol. The normalized spacial score (nSPS) is 16.2. The molecule has 0 saturated carbocycles. The Hall–Kier alpha value is -3.80. The maximum atomic E-state index is 12.0. The van der Waals surface area contributed by atoms with Crippen molar-refractivity contribution in [2.45, 2.75) is 19.3 Å². The van der Waals surface area contributed by atoms with Crippen molar-refractivity contribution in [3.8, 4) is 11.5 Å². The minimum absolute atomic E-state index is 0.110. The molecule has 1 aliphatic rings. The van der Waals surface area contributed by atoms with Crippen molar-refractivity contribution in [3.05, 3.63) is 83.4 Å². The number of imide groups is 1. The molecular formula is C23H19N3O3. The van der Waals surface area contributed by atoms with Crippen molar-refractivity contribution in [1.82, 2.24) is 15.3 Å². The topological polar surface area (TPSA) is 81.2 Å². The second-order valence-corrected chi connectivity index (χ2v) is 6.82. The number of nitrogens with one attached hydrogen (secondary N) is 1. The lowest BCUT2D eigenvalue weighted by Crippen LogP contribution is -2.21. The minimum Gasteiger partial charge on any atom is -0.457 e. The average Bonchev–Trinajstić information content (AvgIpc) is 3.06. The first-order valence-electron chi connectivity index (χ1n) is 9.25. The van der Waals surface area contributed by atoms with Crippen molar-refractivity contribution >= 4 is 24.0 Å². The van der Waals surface area contributed by atoms with E-state index in [1.54, 1.807) is 24.7 Å². The molecular weight excluding hydrogens is 366 g/mol. The van der Waals surface area contributed by atoms with Crippen LogP contribution in [0.25, 0.3) is 12.2 Å². The zero-order valence-corrected chi connectivity index (χ0v) is 15.8. The first-order valence-corrected chi connectivity index (χ1v) is 9.25. The van der Waals surface area contributed by atoms with Gasteiger partial charge in [-0.25, -0.2) is 0 Å². The molecule has 1 aromatic carbocycles. The van der Waals surface area contributed by atoms with Gasteiger partial charge in [0.15, 0.2) is 0 Å². The number of carbonyl (C=O) groups excluding carboxylic acids is 2. The molecule has 4 rings (SSSR count). The maximum Gasteiger partial charge on any atom is 0.234 e. The Morgan fingerprint density at radius 1 is 1.03 bits per heavy atom. The molecule has 2 aromatic heterocycles. The summed E-state index contributed by atoms with van der Waals surface area (Å²) in [4.78, 5) is 31.8. The van der Waals surface area contributed by atoms with Gasteiger partial charge in [-0.15, -0.1) is 0 Å². The van der Waals surface area contributed by atoms with Crippen LogP contribution < -0.4 is 10.1 Å². The molecule has 0 spiro atoms. The van der Waals surface area contributed by atoms with Crippen LogP contribution in [-0.2, 0) is 9.59 Å². The van der Waals surface area contributed by atoms with Crippen LogP contribution in [0.4, 0.5) is 0 Å². The summed E-state index contributed by atoms with van der Waals surface area (Å²) in [5.41, 5.74) is 3.70. The Balaban J connectivity index is 1.50. The van der Waals surface area contributed by atoms with Crippen molar-refractivity contribution in [2.24, 2.45) is 0 Å². The van der Waals surface area contributed by atoms with Crippen LogP contribution in [0.5, 0.6) is 11.5 Å². The third-order valence-corrected chi connectivity index (χ3v) is 4.65. The highest BCUT2D eigenvalue weighted by Gasteiger charge is 2.34. The van der Waals surface area contributed by atoms with Crippen LogP contribution in [0.15, 0.2) is 61.1 Å². The molecule has 6 heteroatoms. The van der Waals surface area contributed by atoms with Gasteiger partial charge in [0.1, 0.15) is 11.5 Å². The second kappa shape index (κ2) is 8.06. The number of rotatable bonds is 5. The van der Waals surface area contributed by atoms with Gasteiger partial charge in [-0.2, -0.15) is 0 Å². The van der Waals surface area contributed by atoms with Gasteiger partial charge in [0, 0.05) is 36.3 Å². The van der Waals surface area contributed by atoms with Gasteiger partial charge in [-0.1, -0.05) is 24.3 Å². The highest BCUT2D eigenvalue weighted by atomic mass is 16.5. The summed E-state index contributed by atoms with van der Waals surface area (Å²) in [5.74, 6) is -0.0169. The summed E-state index contributed by atoms with van der Waals surface area (Å²) in [5, 5.41) is 2.32. The molecule has 1 aliphatic heterocycles. The minimum atomic E-state index is -0.572.